The Bertz CT molecular complexity index is 869. The van der Waals surface area contributed by atoms with Crippen LogP contribution < -0.4 is 5.56 Å². The van der Waals surface area contributed by atoms with E-state index < -0.39 is 0 Å². The molecule has 4 aliphatic rings. The molecule has 2 unspecified atom stereocenters. The van der Waals surface area contributed by atoms with E-state index in [-0.39, 0.29) is 22.5 Å². The summed E-state index contributed by atoms with van der Waals surface area (Å²) in [6.45, 7) is 7.93. The number of H-pyrrole nitrogens is 1. The molecule has 26 heavy (non-hydrogen) atoms. The molecule has 7 nitrogen and oxygen atoms in total. The number of aliphatic imine (C=N–C) groups is 1. The third-order valence-electron chi connectivity index (χ3n) is 5.47. The molecule has 8 heteroatoms. The van der Waals surface area contributed by atoms with Gasteiger partial charge in [0.25, 0.3) is 5.56 Å². The van der Waals surface area contributed by atoms with Crippen molar-refractivity contribution >= 4 is 17.6 Å². The lowest BCUT2D eigenvalue weighted by Crippen LogP contribution is -2.47. The smallest absolute Gasteiger partial charge is 0.264 e. The topological polar surface area (TPSA) is 79.8 Å². The lowest BCUT2D eigenvalue weighted by atomic mass is 9.80. The summed E-state index contributed by atoms with van der Waals surface area (Å²) in [5.41, 5.74) is 3.12. The van der Waals surface area contributed by atoms with Crippen LogP contribution in [0.2, 0.25) is 0 Å². The van der Waals surface area contributed by atoms with Crippen molar-refractivity contribution in [2.75, 3.05) is 32.9 Å². The molecule has 0 aliphatic carbocycles. The van der Waals surface area contributed by atoms with Crippen molar-refractivity contribution in [3.63, 3.8) is 0 Å². The summed E-state index contributed by atoms with van der Waals surface area (Å²) in [6, 6.07) is 0. The monoisotopic (exact) mass is 374 g/mol. The SMILES string of the molecule is CC1(C)CC2=C(CO1)C(N1CCOCC1)=NC1Sc3c(nc[nH]c3=O)C21. The Hall–Kier alpha value is -1.64. The maximum Gasteiger partial charge on any atom is 0.264 e. The fourth-order valence-electron chi connectivity index (χ4n) is 4.23. The van der Waals surface area contributed by atoms with Gasteiger partial charge < -0.3 is 19.4 Å². The highest BCUT2D eigenvalue weighted by Crippen LogP contribution is 2.53. The summed E-state index contributed by atoms with van der Waals surface area (Å²) in [5.74, 6) is 1.09. The van der Waals surface area contributed by atoms with E-state index in [1.807, 2.05) is 0 Å². The van der Waals surface area contributed by atoms with Crippen LogP contribution in [0.1, 0.15) is 31.9 Å². The van der Waals surface area contributed by atoms with E-state index in [1.54, 1.807) is 11.8 Å². The van der Waals surface area contributed by atoms with Crippen molar-refractivity contribution < 1.29 is 9.47 Å². The third-order valence-corrected chi connectivity index (χ3v) is 6.72. The molecule has 5 rings (SSSR count). The van der Waals surface area contributed by atoms with Crippen LogP contribution in [0.5, 0.6) is 0 Å². The van der Waals surface area contributed by atoms with E-state index in [2.05, 4.69) is 28.7 Å². The number of aromatic amines is 1. The van der Waals surface area contributed by atoms with E-state index in [1.165, 1.54) is 17.5 Å². The number of thioether (sulfide) groups is 1. The molecule has 0 aromatic carbocycles. The van der Waals surface area contributed by atoms with Gasteiger partial charge in [-0.05, 0) is 25.8 Å². The maximum absolute atomic E-state index is 12.3. The van der Waals surface area contributed by atoms with E-state index in [9.17, 15) is 4.79 Å². The number of amidine groups is 1. The average molecular weight is 374 g/mol. The van der Waals surface area contributed by atoms with Gasteiger partial charge in [0.1, 0.15) is 11.2 Å². The minimum Gasteiger partial charge on any atom is -0.378 e. The molecule has 1 aromatic heterocycles. The Labute approximate surface area is 155 Å². The second-order valence-electron chi connectivity index (χ2n) is 7.71. The number of nitrogens with one attached hydrogen (secondary N) is 1. The molecule has 1 fully saturated rings. The summed E-state index contributed by atoms with van der Waals surface area (Å²) in [5, 5.41) is -0.0218. The zero-order chi connectivity index (χ0) is 17.9. The summed E-state index contributed by atoms with van der Waals surface area (Å²) < 4.78 is 11.6. The highest BCUT2D eigenvalue weighted by atomic mass is 32.2. The van der Waals surface area contributed by atoms with Gasteiger partial charge in [0.2, 0.25) is 0 Å². The van der Waals surface area contributed by atoms with Crippen LogP contribution >= 0.6 is 11.8 Å². The summed E-state index contributed by atoms with van der Waals surface area (Å²) in [7, 11) is 0. The van der Waals surface area contributed by atoms with Gasteiger partial charge in [-0.1, -0.05) is 11.8 Å². The lowest BCUT2D eigenvalue weighted by Gasteiger charge is -2.42. The molecular weight excluding hydrogens is 352 g/mol. The van der Waals surface area contributed by atoms with E-state index in [4.69, 9.17) is 14.5 Å². The minimum absolute atomic E-state index is 0.0218. The highest BCUT2D eigenvalue weighted by molar-refractivity contribution is 8.00. The molecule has 1 aromatic rings. The molecule has 4 aliphatic heterocycles. The zero-order valence-electron chi connectivity index (χ0n) is 14.9. The minimum atomic E-state index is -0.217. The van der Waals surface area contributed by atoms with Gasteiger partial charge in [-0.15, -0.1) is 0 Å². The molecule has 138 valence electrons. The van der Waals surface area contributed by atoms with Gasteiger partial charge >= 0.3 is 0 Å². The number of ether oxygens (including phenoxy) is 2. The Balaban J connectivity index is 1.63. The molecule has 0 radical (unpaired) electrons. The van der Waals surface area contributed by atoms with Crippen LogP contribution in [0.4, 0.5) is 0 Å². The van der Waals surface area contributed by atoms with Crippen molar-refractivity contribution in [2.45, 2.75) is 42.1 Å². The van der Waals surface area contributed by atoms with Gasteiger partial charge in [-0.2, -0.15) is 0 Å². The zero-order valence-corrected chi connectivity index (χ0v) is 15.8. The van der Waals surface area contributed by atoms with E-state index in [0.29, 0.717) is 11.5 Å². The number of fused-ring (bicyclic) bond motifs is 4. The second-order valence-corrected chi connectivity index (χ2v) is 8.84. The normalized spacial score (nSPS) is 29.8. The standard InChI is InChI=1S/C18H22N4O3S/c1-18(2)7-10-11(8-25-18)15(22-3-5-24-6-4-22)21-17-12(10)13-14(26-17)16(23)20-9-19-13/h9,12,17H,3-8H2,1-2H3,(H,19,20,23). The molecule has 0 amide bonds. The fourth-order valence-corrected chi connectivity index (χ4v) is 5.52. The molecule has 1 N–H and O–H groups in total. The second kappa shape index (κ2) is 5.94. The van der Waals surface area contributed by atoms with Crippen molar-refractivity contribution in [2.24, 2.45) is 4.99 Å². The first-order chi connectivity index (χ1) is 12.5. The number of nitrogens with zero attached hydrogens (tertiary/aromatic N) is 3. The number of dihydropyridines is 1. The van der Waals surface area contributed by atoms with Crippen LogP contribution in [-0.2, 0) is 9.47 Å². The summed E-state index contributed by atoms with van der Waals surface area (Å²) in [4.78, 5) is 27.6. The number of rotatable bonds is 0. The first kappa shape index (κ1) is 16.5. The highest BCUT2D eigenvalue weighted by Gasteiger charge is 2.47. The Morgan fingerprint density at radius 2 is 2.15 bits per heavy atom. The van der Waals surface area contributed by atoms with Gasteiger partial charge in [0.05, 0.1) is 48.3 Å². The Morgan fingerprint density at radius 1 is 1.35 bits per heavy atom. The summed E-state index contributed by atoms with van der Waals surface area (Å²) in [6.07, 6.45) is 2.34. The maximum atomic E-state index is 12.3. The number of hydrogen-bond donors (Lipinski definition) is 1. The first-order valence-electron chi connectivity index (χ1n) is 9.04. The van der Waals surface area contributed by atoms with Crippen LogP contribution in [-0.4, -0.2) is 64.6 Å². The van der Waals surface area contributed by atoms with E-state index in [0.717, 1.165) is 44.3 Å². The van der Waals surface area contributed by atoms with Crippen molar-refractivity contribution in [3.05, 3.63) is 33.5 Å². The predicted octanol–water partition coefficient (Wildman–Crippen LogP) is 1.53. The molecule has 0 spiro atoms. The number of aromatic nitrogens is 2. The van der Waals surface area contributed by atoms with Crippen LogP contribution in [0, 0.1) is 0 Å². The predicted molar refractivity (Wildman–Crippen MR) is 98.7 cm³/mol. The average Bonchev–Trinajstić information content (AvgIpc) is 3.01. The molecule has 2 atom stereocenters. The van der Waals surface area contributed by atoms with E-state index >= 15 is 0 Å². The van der Waals surface area contributed by atoms with Crippen LogP contribution in [0.25, 0.3) is 0 Å². The van der Waals surface area contributed by atoms with Crippen molar-refractivity contribution in [1.82, 2.24) is 14.9 Å². The molecule has 0 saturated carbocycles. The van der Waals surface area contributed by atoms with Crippen LogP contribution in [0.15, 0.2) is 32.2 Å². The third kappa shape index (κ3) is 2.54. The lowest BCUT2D eigenvalue weighted by molar-refractivity contribution is -0.0152. The Kier molecular flexibility index (Phi) is 3.77. The van der Waals surface area contributed by atoms with Crippen molar-refractivity contribution in [3.8, 4) is 0 Å². The first-order valence-corrected chi connectivity index (χ1v) is 9.92. The molecular formula is C18H22N4O3S. The van der Waals surface area contributed by atoms with Gasteiger partial charge in [-0.3, -0.25) is 9.79 Å². The number of hydrogen-bond acceptors (Lipinski definition) is 7. The molecule has 1 saturated heterocycles. The number of morpholine rings is 1. The van der Waals surface area contributed by atoms with Gasteiger partial charge in [0.15, 0.2) is 0 Å². The Morgan fingerprint density at radius 3 is 2.96 bits per heavy atom. The summed E-state index contributed by atoms with van der Waals surface area (Å²) >= 11 is 1.54. The quantitative estimate of drug-likeness (QED) is 0.742. The fraction of sp³-hybridized carbons (Fsp3) is 0.611. The van der Waals surface area contributed by atoms with Crippen molar-refractivity contribution in [1.29, 1.82) is 0 Å². The molecule has 0 bridgehead atoms. The largest absolute Gasteiger partial charge is 0.378 e. The van der Waals surface area contributed by atoms with Gasteiger partial charge in [-0.25, -0.2) is 4.98 Å². The van der Waals surface area contributed by atoms with Gasteiger partial charge in [0, 0.05) is 18.7 Å². The van der Waals surface area contributed by atoms with Crippen LogP contribution in [0.3, 0.4) is 0 Å². The molecule has 5 heterocycles.